The van der Waals surface area contributed by atoms with E-state index in [1.165, 1.54) is 16.7 Å². The Hall–Kier alpha value is -1.35. The molecule has 1 aromatic rings. The van der Waals surface area contributed by atoms with Crippen molar-refractivity contribution in [3.63, 3.8) is 0 Å². The summed E-state index contributed by atoms with van der Waals surface area (Å²) < 4.78 is 0. The molecule has 0 aromatic heterocycles. The Bertz CT molecular complexity index is 626. The smallest absolute Gasteiger partial charge is 0.311 e. The van der Waals surface area contributed by atoms with Crippen LogP contribution in [0.3, 0.4) is 0 Å². The molecule has 0 spiro atoms. The van der Waals surface area contributed by atoms with Crippen molar-refractivity contribution in [1.82, 2.24) is 4.90 Å². The van der Waals surface area contributed by atoms with Crippen LogP contribution in [0.4, 0.5) is 0 Å². The van der Waals surface area contributed by atoms with E-state index in [0.29, 0.717) is 17.9 Å². The summed E-state index contributed by atoms with van der Waals surface area (Å²) in [5.41, 5.74) is 3.76. The van der Waals surface area contributed by atoms with E-state index in [-0.39, 0.29) is 0 Å². The van der Waals surface area contributed by atoms with E-state index in [1.807, 2.05) is 0 Å². The SMILES string of the molecule is Cc1ccc2c(c1)C(N1C[C@@H]3CCC[C@@]3(C(=O)O)C1)C(C)C2. The third kappa shape index (κ3) is 1.88. The molecule has 22 heavy (non-hydrogen) atoms. The van der Waals surface area contributed by atoms with Crippen molar-refractivity contribution in [2.75, 3.05) is 13.1 Å². The number of carboxylic acid groups (broad SMARTS) is 1. The monoisotopic (exact) mass is 299 g/mol. The topological polar surface area (TPSA) is 40.5 Å². The Labute approximate surface area is 132 Å². The fraction of sp³-hybridized carbons (Fsp3) is 0.632. The van der Waals surface area contributed by atoms with Crippen molar-refractivity contribution in [3.05, 3.63) is 34.9 Å². The molecule has 118 valence electrons. The van der Waals surface area contributed by atoms with Gasteiger partial charge in [-0.1, -0.05) is 37.1 Å². The molecule has 0 bridgehead atoms. The number of fused-ring (bicyclic) bond motifs is 2. The molecule has 1 aromatic carbocycles. The summed E-state index contributed by atoms with van der Waals surface area (Å²) in [6, 6.07) is 7.21. The van der Waals surface area contributed by atoms with Crippen LogP contribution < -0.4 is 0 Å². The first kappa shape index (κ1) is 14.3. The van der Waals surface area contributed by atoms with Crippen molar-refractivity contribution in [1.29, 1.82) is 0 Å². The minimum Gasteiger partial charge on any atom is -0.481 e. The number of likely N-dealkylation sites (tertiary alicyclic amines) is 1. The van der Waals surface area contributed by atoms with E-state index >= 15 is 0 Å². The summed E-state index contributed by atoms with van der Waals surface area (Å²) in [6.45, 7) is 6.18. The van der Waals surface area contributed by atoms with Gasteiger partial charge in [-0.2, -0.15) is 0 Å². The number of nitrogens with zero attached hydrogens (tertiary/aromatic N) is 1. The summed E-state index contributed by atoms with van der Waals surface area (Å²) in [5, 5.41) is 9.81. The van der Waals surface area contributed by atoms with Gasteiger partial charge in [-0.25, -0.2) is 0 Å². The molecule has 0 amide bonds. The zero-order chi connectivity index (χ0) is 15.5. The van der Waals surface area contributed by atoms with Crippen molar-refractivity contribution >= 4 is 5.97 Å². The summed E-state index contributed by atoms with van der Waals surface area (Å²) >= 11 is 0. The summed E-state index contributed by atoms with van der Waals surface area (Å²) in [4.78, 5) is 14.4. The number of hydrogen-bond acceptors (Lipinski definition) is 2. The van der Waals surface area contributed by atoms with Gasteiger partial charge < -0.3 is 5.11 Å². The van der Waals surface area contributed by atoms with Crippen molar-refractivity contribution in [2.45, 2.75) is 45.6 Å². The van der Waals surface area contributed by atoms with Crippen LogP contribution in [0.15, 0.2) is 18.2 Å². The lowest BCUT2D eigenvalue weighted by molar-refractivity contribution is -0.149. The lowest BCUT2D eigenvalue weighted by Gasteiger charge is -2.30. The number of aliphatic carboxylic acids is 1. The molecule has 1 saturated carbocycles. The van der Waals surface area contributed by atoms with E-state index in [4.69, 9.17) is 0 Å². The van der Waals surface area contributed by atoms with Gasteiger partial charge in [0.2, 0.25) is 0 Å². The molecule has 1 saturated heterocycles. The van der Waals surface area contributed by atoms with E-state index in [2.05, 4.69) is 36.9 Å². The number of carbonyl (C=O) groups is 1. The van der Waals surface area contributed by atoms with Gasteiger partial charge in [0.1, 0.15) is 0 Å². The van der Waals surface area contributed by atoms with Gasteiger partial charge in [-0.3, -0.25) is 9.69 Å². The van der Waals surface area contributed by atoms with Crippen LogP contribution in [-0.4, -0.2) is 29.1 Å². The first-order valence-electron chi connectivity index (χ1n) is 8.58. The maximum absolute atomic E-state index is 11.9. The molecule has 2 aliphatic carbocycles. The average Bonchev–Trinajstić information content (AvgIpc) is 3.07. The molecular formula is C19H25NO2. The highest BCUT2D eigenvalue weighted by Gasteiger charge is 2.56. The highest BCUT2D eigenvalue weighted by molar-refractivity contribution is 5.76. The second kappa shape index (κ2) is 4.82. The van der Waals surface area contributed by atoms with Gasteiger partial charge in [0.25, 0.3) is 0 Å². The predicted octanol–water partition coefficient (Wildman–Crippen LogP) is 3.42. The second-order valence-corrected chi connectivity index (χ2v) is 7.81. The zero-order valence-electron chi connectivity index (χ0n) is 13.5. The largest absolute Gasteiger partial charge is 0.481 e. The molecule has 3 nitrogen and oxygen atoms in total. The van der Waals surface area contributed by atoms with E-state index in [0.717, 1.165) is 38.8 Å². The minimum absolute atomic E-state index is 0.353. The molecular weight excluding hydrogens is 274 g/mol. The number of hydrogen-bond donors (Lipinski definition) is 1. The quantitative estimate of drug-likeness (QED) is 0.909. The number of rotatable bonds is 2. The van der Waals surface area contributed by atoms with Crippen LogP contribution in [0.25, 0.3) is 0 Å². The van der Waals surface area contributed by atoms with E-state index in [9.17, 15) is 9.90 Å². The summed E-state index contributed by atoms with van der Waals surface area (Å²) in [6.07, 6.45) is 4.16. The fourth-order valence-electron chi connectivity index (χ4n) is 5.39. The molecule has 1 aliphatic heterocycles. The standard InChI is InChI=1S/C19H25NO2/c1-12-5-6-14-9-13(2)17(16(14)8-12)20-10-15-4-3-7-19(15,11-20)18(21)22/h5-6,8,13,15,17H,3-4,7,9-11H2,1-2H3,(H,21,22)/t13?,15-,17?,19+/m0/s1. The van der Waals surface area contributed by atoms with E-state index < -0.39 is 11.4 Å². The molecule has 1 N–H and O–H groups in total. The molecule has 4 atom stereocenters. The van der Waals surface area contributed by atoms with Gasteiger partial charge in [-0.05, 0) is 49.1 Å². The van der Waals surface area contributed by atoms with E-state index in [1.54, 1.807) is 0 Å². The molecule has 2 unspecified atom stereocenters. The lowest BCUT2D eigenvalue weighted by Crippen LogP contribution is -2.37. The Balaban J connectivity index is 1.67. The molecule has 3 aliphatic rings. The fourth-order valence-corrected chi connectivity index (χ4v) is 5.39. The number of benzene rings is 1. The lowest BCUT2D eigenvalue weighted by atomic mass is 9.81. The van der Waals surface area contributed by atoms with Crippen LogP contribution in [-0.2, 0) is 11.2 Å². The zero-order valence-corrected chi connectivity index (χ0v) is 13.5. The molecule has 1 heterocycles. The van der Waals surface area contributed by atoms with Crippen LogP contribution in [0.2, 0.25) is 0 Å². The highest BCUT2D eigenvalue weighted by Crippen LogP contribution is 2.53. The Morgan fingerprint density at radius 2 is 2.23 bits per heavy atom. The van der Waals surface area contributed by atoms with Gasteiger partial charge in [-0.15, -0.1) is 0 Å². The third-order valence-electron chi connectivity index (χ3n) is 6.42. The first-order chi connectivity index (χ1) is 10.5. The van der Waals surface area contributed by atoms with Gasteiger partial charge in [0.05, 0.1) is 5.41 Å². The van der Waals surface area contributed by atoms with Gasteiger partial charge in [0, 0.05) is 19.1 Å². The number of carboxylic acids is 1. The van der Waals surface area contributed by atoms with Gasteiger partial charge >= 0.3 is 5.97 Å². The second-order valence-electron chi connectivity index (χ2n) is 7.81. The Morgan fingerprint density at radius 3 is 2.95 bits per heavy atom. The average molecular weight is 299 g/mol. The normalized spacial score (nSPS) is 37.3. The number of aryl methyl sites for hydroxylation is 1. The predicted molar refractivity (Wildman–Crippen MR) is 85.8 cm³/mol. The highest BCUT2D eigenvalue weighted by atomic mass is 16.4. The molecule has 2 fully saturated rings. The maximum Gasteiger partial charge on any atom is 0.311 e. The van der Waals surface area contributed by atoms with Crippen molar-refractivity contribution in [2.24, 2.45) is 17.3 Å². The summed E-state index contributed by atoms with van der Waals surface area (Å²) in [7, 11) is 0. The Kier molecular flexibility index (Phi) is 3.12. The maximum atomic E-state index is 11.9. The minimum atomic E-state index is -0.562. The van der Waals surface area contributed by atoms with Crippen LogP contribution in [0, 0.1) is 24.2 Å². The van der Waals surface area contributed by atoms with Crippen molar-refractivity contribution in [3.8, 4) is 0 Å². The van der Waals surface area contributed by atoms with Crippen LogP contribution in [0.1, 0.15) is 48.9 Å². The summed E-state index contributed by atoms with van der Waals surface area (Å²) in [5.74, 6) is 0.375. The molecule has 3 heteroatoms. The van der Waals surface area contributed by atoms with Crippen molar-refractivity contribution < 1.29 is 9.90 Å². The van der Waals surface area contributed by atoms with Crippen LogP contribution >= 0.6 is 0 Å². The third-order valence-corrected chi connectivity index (χ3v) is 6.42. The first-order valence-corrected chi connectivity index (χ1v) is 8.58. The molecule has 4 rings (SSSR count). The molecule has 0 radical (unpaired) electrons. The Morgan fingerprint density at radius 1 is 1.41 bits per heavy atom. The van der Waals surface area contributed by atoms with Gasteiger partial charge in [0.15, 0.2) is 0 Å². The van der Waals surface area contributed by atoms with Crippen LogP contribution in [0.5, 0.6) is 0 Å².